The van der Waals surface area contributed by atoms with E-state index in [0.717, 1.165) is 12.1 Å². The van der Waals surface area contributed by atoms with Crippen LogP contribution in [0.3, 0.4) is 0 Å². The molecule has 37 heavy (non-hydrogen) atoms. The Bertz CT molecular complexity index is 1360. The Kier molecular flexibility index (Phi) is 8.28. The number of pyridine rings is 1. The smallest absolute Gasteiger partial charge is 0.309 e. The number of aliphatic carboxylic acids is 1. The van der Waals surface area contributed by atoms with E-state index in [9.17, 15) is 23.8 Å². The van der Waals surface area contributed by atoms with Gasteiger partial charge in [0.25, 0.3) is 0 Å². The number of carboxylic acids is 1. The lowest BCUT2D eigenvalue weighted by Crippen LogP contribution is -2.44. The molecular weight excluding hydrogens is 502 g/mol. The molecule has 2 N–H and O–H groups in total. The van der Waals surface area contributed by atoms with Crippen LogP contribution in [0.2, 0.25) is 5.02 Å². The fourth-order valence-corrected chi connectivity index (χ4v) is 5.01. The van der Waals surface area contributed by atoms with Gasteiger partial charge in [-0.2, -0.15) is 0 Å². The molecule has 3 aromatic rings. The number of methoxy groups -OCH3 is 1. The van der Waals surface area contributed by atoms with Crippen molar-refractivity contribution in [2.45, 2.75) is 31.8 Å². The van der Waals surface area contributed by atoms with Gasteiger partial charge in [-0.25, -0.2) is 8.78 Å². The summed E-state index contributed by atoms with van der Waals surface area (Å²) in [6.07, 6.45) is 1.77. The summed E-state index contributed by atoms with van der Waals surface area (Å²) in [6, 6.07) is 8.55. The van der Waals surface area contributed by atoms with Crippen molar-refractivity contribution < 1.29 is 28.5 Å². The molecule has 0 unspecified atom stereocenters. The predicted molar refractivity (Wildman–Crippen MR) is 136 cm³/mol. The lowest BCUT2D eigenvalue weighted by atomic mass is 9.74. The van der Waals surface area contributed by atoms with Gasteiger partial charge in [0.2, 0.25) is 0 Å². The molecule has 2 heterocycles. The highest BCUT2D eigenvalue weighted by molar-refractivity contribution is 6.32. The zero-order valence-corrected chi connectivity index (χ0v) is 21.1. The van der Waals surface area contributed by atoms with E-state index in [1.165, 1.54) is 12.3 Å². The fraction of sp³-hybridized carbons (Fsp3) is 0.357. The summed E-state index contributed by atoms with van der Waals surface area (Å²) in [5.41, 5.74) is 0.294. The van der Waals surface area contributed by atoms with Crippen LogP contribution >= 0.6 is 11.6 Å². The Morgan fingerprint density at radius 2 is 2.00 bits per heavy atom. The zero-order chi connectivity index (χ0) is 26.6. The second-order valence-electron chi connectivity index (χ2n) is 9.24. The molecule has 2 aromatic carbocycles. The lowest BCUT2D eigenvalue weighted by Gasteiger charge is -2.38. The van der Waals surface area contributed by atoms with E-state index in [2.05, 4.69) is 16.8 Å². The van der Waals surface area contributed by atoms with Crippen molar-refractivity contribution in [1.82, 2.24) is 9.88 Å². The lowest BCUT2D eigenvalue weighted by molar-refractivity contribution is -0.153. The third-order valence-electron chi connectivity index (χ3n) is 7.02. The number of hydrogen-bond donors (Lipinski definition) is 2. The summed E-state index contributed by atoms with van der Waals surface area (Å²) in [7, 11) is 1.55. The molecule has 0 saturated carbocycles. The van der Waals surface area contributed by atoms with Gasteiger partial charge in [-0.3, -0.25) is 14.7 Å². The van der Waals surface area contributed by atoms with Crippen LogP contribution in [0.1, 0.15) is 42.9 Å². The molecule has 4 rings (SSSR count). The summed E-state index contributed by atoms with van der Waals surface area (Å²) in [6.45, 7) is 1.34. The summed E-state index contributed by atoms with van der Waals surface area (Å²) in [5.74, 6) is 3.93. The number of aromatic nitrogens is 1. The van der Waals surface area contributed by atoms with Crippen LogP contribution in [0, 0.1) is 28.9 Å². The number of aliphatic hydroxyl groups is 1. The molecule has 6 nitrogen and oxygen atoms in total. The van der Waals surface area contributed by atoms with Crippen LogP contribution in [0.4, 0.5) is 8.78 Å². The van der Waals surface area contributed by atoms with E-state index in [-0.39, 0.29) is 18.4 Å². The van der Waals surface area contributed by atoms with Crippen molar-refractivity contribution in [3.05, 3.63) is 70.4 Å². The van der Waals surface area contributed by atoms with E-state index >= 15 is 0 Å². The number of aliphatic hydroxyl groups excluding tert-OH is 1. The number of likely N-dealkylation sites (tertiary alicyclic amines) is 1. The number of rotatable bonds is 7. The number of fused-ring (bicyclic) bond motifs is 1. The highest BCUT2D eigenvalue weighted by atomic mass is 35.5. The minimum atomic E-state index is -0.985. The first-order valence-corrected chi connectivity index (χ1v) is 12.3. The molecule has 1 atom stereocenters. The predicted octanol–water partition coefficient (Wildman–Crippen LogP) is 5.21. The van der Waals surface area contributed by atoms with Crippen molar-refractivity contribution in [1.29, 1.82) is 0 Å². The number of nitrogens with zero attached hydrogens (tertiary/aromatic N) is 2. The maximum atomic E-state index is 13.8. The van der Waals surface area contributed by atoms with E-state index < -0.39 is 29.1 Å². The van der Waals surface area contributed by atoms with E-state index in [0.29, 0.717) is 59.7 Å². The summed E-state index contributed by atoms with van der Waals surface area (Å²) < 4.78 is 32.1. The second-order valence-corrected chi connectivity index (χ2v) is 9.65. The van der Waals surface area contributed by atoms with Gasteiger partial charge < -0.3 is 14.9 Å². The van der Waals surface area contributed by atoms with Gasteiger partial charge in [-0.15, -0.1) is 0 Å². The van der Waals surface area contributed by atoms with E-state index in [1.807, 2.05) is 4.90 Å². The van der Waals surface area contributed by atoms with Crippen molar-refractivity contribution in [2.24, 2.45) is 5.41 Å². The second kappa shape index (κ2) is 11.4. The molecule has 0 aliphatic carbocycles. The molecule has 1 saturated heterocycles. The van der Waals surface area contributed by atoms with Gasteiger partial charge in [0.05, 0.1) is 41.3 Å². The summed E-state index contributed by atoms with van der Waals surface area (Å²) >= 11 is 6.40. The molecule has 1 aliphatic heterocycles. The van der Waals surface area contributed by atoms with Gasteiger partial charge in [-0.1, -0.05) is 23.4 Å². The molecule has 0 radical (unpaired) electrons. The first kappa shape index (κ1) is 26.8. The Hall–Kier alpha value is -3.25. The van der Waals surface area contributed by atoms with Gasteiger partial charge in [0, 0.05) is 36.3 Å². The van der Waals surface area contributed by atoms with Crippen molar-refractivity contribution in [3.63, 3.8) is 0 Å². The molecule has 9 heteroatoms. The van der Waals surface area contributed by atoms with E-state index in [1.54, 1.807) is 25.3 Å². The Labute approximate surface area is 218 Å². The number of carbonyl (C=O) groups is 1. The standard InChI is InChI=1S/C28H27ClF2N2O4/c1-37-20-6-7-24-21(16-20)26(22(29)17-32-24)25(34)8-9-28(27(35)36)10-13-33(14-11-28)12-2-3-18-4-5-19(30)15-23(18)31/h4-7,15-17,25,34H,8-14H2,1H3,(H,35,36)/t25-/m0/s1. The average molecular weight is 529 g/mol. The van der Waals surface area contributed by atoms with E-state index in [4.69, 9.17) is 16.3 Å². The van der Waals surface area contributed by atoms with Gasteiger partial charge in [-0.05, 0) is 56.0 Å². The van der Waals surface area contributed by atoms with Crippen LogP contribution in [0.5, 0.6) is 5.75 Å². The molecule has 0 spiro atoms. The molecule has 1 fully saturated rings. The summed E-state index contributed by atoms with van der Waals surface area (Å²) in [5, 5.41) is 22.1. The number of carboxylic acid groups (broad SMARTS) is 1. The zero-order valence-electron chi connectivity index (χ0n) is 20.3. The number of ether oxygens (including phenoxy) is 1. The number of hydrogen-bond acceptors (Lipinski definition) is 5. The number of halogens is 3. The molecule has 0 amide bonds. The minimum absolute atomic E-state index is 0.118. The largest absolute Gasteiger partial charge is 0.497 e. The van der Waals surface area contributed by atoms with Crippen molar-refractivity contribution >= 4 is 28.5 Å². The van der Waals surface area contributed by atoms with Gasteiger partial charge in [0.15, 0.2) is 0 Å². The third-order valence-corrected chi connectivity index (χ3v) is 7.32. The molecule has 1 aromatic heterocycles. The molecule has 0 bridgehead atoms. The third kappa shape index (κ3) is 6.02. The van der Waals surface area contributed by atoms with Crippen LogP contribution in [0.15, 0.2) is 42.6 Å². The average Bonchev–Trinajstić information content (AvgIpc) is 2.88. The maximum Gasteiger partial charge on any atom is 0.309 e. The number of piperidine rings is 1. The summed E-state index contributed by atoms with van der Waals surface area (Å²) in [4.78, 5) is 18.6. The van der Waals surface area contributed by atoms with Crippen LogP contribution in [0.25, 0.3) is 10.9 Å². The maximum absolute atomic E-state index is 13.8. The highest BCUT2D eigenvalue weighted by Crippen LogP contribution is 2.41. The first-order chi connectivity index (χ1) is 17.7. The molecule has 194 valence electrons. The topological polar surface area (TPSA) is 82.9 Å². The SMILES string of the molecule is COc1ccc2ncc(Cl)c([C@@H](O)CCC3(C(=O)O)CCN(CC#Cc4ccc(F)cc4F)CC3)c2c1. The minimum Gasteiger partial charge on any atom is -0.497 e. The highest BCUT2D eigenvalue weighted by Gasteiger charge is 2.41. The van der Waals surface area contributed by atoms with Crippen LogP contribution in [-0.2, 0) is 4.79 Å². The Morgan fingerprint density at radius 1 is 1.24 bits per heavy atom. The fourth-order valence-electron chi connectivity index (χ4n) is 4.74. The Balaban J connectivity index is 1.41. The Morgan fingerprint density at radius 3 is 2.68 bits per heavy atom. The van der Waals surface area contributed by atoms with Gasteiger partial charge in [0.1, 0.15) is 17.4 Å². The molecular formula is C28H27ClF2N2O4. The quantitative estimate of drug-likeness (QED) is 0.410. The monoisotopic (exact) mass is 528 g/mol. The van der Waals surface area contributed by atoms with Crippen LogP contribution in [-0.4, -0.2) is 52.8 Å². The van der Waals surface area contributed by atoms with Gasteiger partial charge >= 0.3 is 5.97 Å². The van der Waals surface area contributed by atoms with Crippen molar-refractivity contribution in [2.75, 3.05) is 26.7 Å². The first-order valence-electron chi connectivity index (χ1n) is 11.9. The van der Waals surface area contributed by atoms with Crippen molar-refractivity contribution in [3.8, 4) is 17.6 Å². The number of benzene rings is 2. The molecule has 1 aliphatic rings. The normalized spacial score (nSPS) is 16.1. The van der Waals surface area contributed by atoms with Crippen LogP contribution < -0.4 is 4.74 Å².